The van der Waals surface area contributed by atoms with E-state index in [4.69, 9.17) is 29.0 Å². The van der Waals surface area contributed by atoms with Crippen molar-refractivity contribution in [2.24, 2.45) is 0 Å². The number of furan rings is 1. The van der Waals surface area contributed by atoms with Gasteiger partial charge in [0.15, 0.2) is 17.5 Å². The second-order valence-electron chi connectivity index (χ2n) is 13.6. The maximum atomic E-state index is 9.52. The summed E-state index contributed by atoms with van der Waals surface area (Å²) in [5, 5.41) is 3.01. The van der Waals surface area contributed by atoms with Gasteiger partial charge in [-0.3, -0.25) is 0 Å². The van der Waals surface area contributed by atoms with Crippen molar-refractivity contribution in [2.45, 2.75) is 0 Å². The van der Waals surface area contributed by atoms with Crippen LogP contribution in [0.2, 0.25) is 0 Å². The lowest BCUT2D eigenvalue weighted by molar-refractivity contribution is 0.669. The van der Waals surface area contributed by atoms with Crippen LogP contribution in [0.5, 0.6) is 0 Å². The molecule has 57 heavy (non-hydrogen) atoms. The highest BCUT2D eigenvalue weighted by Crippen LogP contribution is 2.44. The Labute approximate surface area is 344 Å². The summed E-state index contributed by atoms with van der Waals surface area (Å²) in [7, 11) is 0. The van der Waals surface area contributed by atoms with Crippen molar-refractivity contribution in [2.75, 3.05) is 0 Å². The van der Waals surface area contributed by atoms with Crippen molar-refractivity contribution < 1.29 is 18.1 Å². The Morgan fingerprint density at radius 1 is 0.456 bits per heavy atom. The zero-order chi connectivity index (χ0) is 46.2. The van der Waals surface area contributed by atoms with Crippen LogP contribution in [0.15, 0.2) is 186 Å². The molecule has 0 spiro atoms. The molecule has 0 saturated carbocycles. The molecule has 0 fully saturated rings. The molecule has 0 N–H and O–H groups in total. The van der Waals surface area contributed by atoms with Crippen LogP contribution in [0.25, 0.3) is 115 Å². The lowest BCUT2D eigenvalue weighted by Crippen LogP contribution is -2.00. The van der Waals surface area contributed by atoms with Gasteiger partial charge in [0.1, 0.15) is 11.2 Å². The first-order chi connectivity index (χ1) is 32.4. The van der Waals surface area contributed by atoms with E-state index in [9.17, 15) is 4.11 Å². The van der Waals surface area contributed by atoms with Crippen LogP contribution in [0.4, 0.5) is 0 Å². The molecule has 0 saturated heterocycles. The first kappa shape index (κ1) is 23.5. The summed E-state index contributed by atoms with van der Waals surface area (Å²) >= 11 is 1.65. The third-order valence-corrected chi connectivity index (χ3v) is 11.4. The Morgan fingerprint density at radius 3 is 2.05 bits per heavy atom. The highest BCUT2D eigenvalue weighted by Gasteiger charge is 2.21. The van der Waals surface area contributed by atoms with E-state index in [2.05, 4.69) is 24.3 Å². The number of aromatic nitrogens is 4. The molecule has 0 unspecified atom stereocenters. The van der Waals surface area contributed by atoms with Crippen LogP contribution in [0.3, 0.4) is 0 Å². The van der Waals surface area contributed by atoms with E-state index in [-0.39, 0.29) is 91.3 Å². The number of fused-ring (bicyclic) bond motifs is 9. The van der Waals surface area contributed by atoms with Gasteiger partial charge in [0, 0.05) is 64.1 Å². The number of hydrogen-bond donors (Lipinski definition) is 0. The summed E-state index contributed by atoms with van der Waals surface area (Å²) in [6.07, 6.45) is 0. The minimum atomic E-state index is -0.509. The molecule has 8 aromatic carbocycles. The van der Waals surface area contributed by atoms with Gasteiger partial charge in [-0.15, -0.1) is 11.3 Å². The van der Waals surface area contributed by atoms with Crippen molar-refractivity contribution in [3.63, 3.8) is 0 Å². The Balaban J connectivity index is 1.19. The standard InChI is InChI=1S/C51H30N4OS/c1-3-14-31(15-4-1)39-28-33(29-46-48(39)37-20-9-12-25-45(37)57-46)50-52-49(32-16-5-2-6-17-32)53-51(54-50)38-21-13-24-44-47(38)40-30-34(26-27-43(40)56-44)55-41-22-10-7-18-35(41)36-19-8-11-23-42(36)55/h1-30H/i7D,10D,13D,18D,21D,22D,23D,24D,26D,27D. The van der Waals surface area contributed by atoms with E-state index < -0.39 is 36.3 Å². The molecule has 4 heterocycles. The average Bonchev–Trinajstić information content (AvgIpc) is 4.04. The van der Waals surface area contributed by atoms with Crippen molar-refractivity contribution in [3.05, 3.63) is 182 Å². The Kier molecular flexibility index (Phi) is 5.18. The molecule has 266 valence electrons. The third-order valence-electron chi connectivity index (χ3n) is 10.3. The molecule has 0 aliphatic heterocycles. The van der Waals surface area contributed by atoms with Crippen LogP contribution >= 0.6 is 11.3 Å². The number of nitrogens with zero attached hydrogens (tertiary/aromatic N) is 4. The van der Waals surface area contributed by atoms with Gasteiger partial charge in [0.25, 0.3) is 0 Å². The van der Waals surface area contributed by atoms with Gasteiger partial charge >= 0.3 is 0 Å². The van der Waals surface area contributed by atoms with Crippen molar-refractivity contribution in [1.29, 1.82) is 0 Å². The molecule has 12 aromatic rings. The van der Waals surface area contributed by atoms with Gasteiger partial charge in [-0.1, -0.05) is 127 Å². The molecule has 6 heteroatoms. The highest BCUT2D eigenvalue weighted by molar-refractivity contribution is 7.26. The zero-order valence-corrected chi connectivity index (χ0v) is 30.5. The molecule has 0 aliphatic carbocycles. The third kappa shape index (κ3) is 5.04. The van der Waals surface area contributed by atoms with Gasteiger partial charge in [-0.05, 0) is 65.6 Å². The number of rotatable bonds is 5. The molecule has 0 atom stereocenters. The quantitative estimate of drug-likeness (QED) is 0.175. The molecule has 0 radical (unpaired) electrons. The predicted molar refractivity (Wildman–Crippen MR) is 236 cm³/mol. The maximum Gasteiger partial charge on any atom is 0.164 e. The van der Waals surface area contributed by atoms with Crippen molar-refractivity contribution in [1.82, 2.24) is 19.5 Å². The summed E-state index contributed by atoms with van der Waals surface area (Å²) in [6.45, 7) is 0. The largest absolute Gasteiger partial charge is 0.456 e. The summed E-state index contributed by atoms with van der Waals surface area (Å²) in [4.78, 5) is 15.1. The van der Waals surface area contributed by atoms with E-state index in [0.29, 0.717) is 16.5 Å². The van der Waals surface area contributed by atoms with E-state index in [1.807, 2.05) is 72.8 Å². The molecule has 5 nitrogen and oxygen atoms in total. The van der Waals surface area contributed by atoms with Gasteiger partial charge in [-0.25, -0.2) is 15.0 Å². The smallest absolute Gasteiger partial charge is 0.164 e. The van der Waals surface area contributed by atoms with E-state index in [1.54, 1.807) is 23.5 Å². The fourth-order valence-electron chi connectivity index (χ4n) is 7.80. The van der Waals surface area contributed by atoms with Crippen molar-refractivity contribution >= 4 is 75.3 Å². The first-order valence-corrected chi connectivity index (χ1v) is 19.0. The summed E-state index contributed by atoms with van der Waals surface area (Å²) in [5.74, 6) is 0.549. The van der Waals surface area contributed by atoms with Crippen LogP contribution in [-0.4, -0.2) is 19.5 Å². The molecule has 0 aliphatic rings. The van der Waals surface area contributed by atoms with Gasteiger partial charge in [-0.2, -0.15) is 0 Å². The second kappa shape index (κ2) is 12.6. The van der Waals surface area contributed by atoms with E-state index in [1.165, 1.54) is 16.7 Å². The fraction of sp³-hybridized carbons (Fsp3) is 0. The molecular formula is C51H30N4OS. The first-order valence-electron chi connectivity index (χ1n) is 23.2. The number of benzene rings is 8. The van der Waals surface area contributed by atoms with Gasteiger partial charge in [0.05, 0.1) is 24.7 Å². The fourth-order valence-corrected chi connectivity index (χ4v) is 8.98. The van der Waals surface area contributed by atoms with E-state index in [0.717, 1.165) is 31.3 Å². The SMILES string of the molecule is [2H]c1c(-n2c3c([2H])cccc3c3c([2H])c([2H])c([2H])c([2H])c32)cc2c(oc3c([2H])c([2H])c([2H])c(-c4nc(-c5ccccc5)nc(-c5cc(-c6ccccc6)c6c(c5)sc5ccccc56)n4)c32)c1[2H]. The van der Waals surface area contributed by atoms with Gasteiger partial charge < -0.3 is 8.98 Å². The van der Waals surface area contributed by atoms with Crippen LogP contribution in [-0.2, 0) is 0 Å². The number of thiophene rings is 1. The van der Waals surface area contributed by atoms with Gasteiger partial charge in [0.2, 0.25) is 0 Å². The monoisotopic (exact) mass is 756 g/mol. The zero-order valence-electron chi connectivity index (χ0n) is 39.7. The van der Waals surface area contributed by atoms with Crippen molar-refractivity contribution in [3.8, 4) is 51.0 Å². The lowest BCUT2D eigenvalue weighted by Gasteiger charge is -2.12. The van der Waals surface area contributed by atoms with Crippen LogP contribution < -0.4 is 0 Å². The molecular weight excluding hydrogens is 717 g/mol. The molecule has 12 rings (SSSR count). The number of para-hydroxylation sites is 2. The molecule has 4 aromatic heterocycles. The summed E-state index contributed by atoms with van der Waals surface area (Å²) in [5.41, 5.74) is 3.25. The molecule has 0 bridgehead atoms. The lowest BCUT2D eigenvalue weighted by atomic mass is 9.97. The maximum absolute atomic E-state index is 9.52. The van der Waals surface area contributed by atoms with Crippen LogP contribution in [0, 0.1) is 0 Å². The predicted octanol–water partition coefficient (Wildman–Crippen LogP) is 13.9. The number of hydrogen-bond acceptors (Lipinski definition) is 5. The molecule has 0 amide bonds. The van der Waals surface area contributed by atoms with E-state index >= 15 is 0 Å². The Morgan fingerprint density at radius 2 is 1.18 bits per heavy atom. The Bertz CT molecular complexity index is 4120. The normalized spacial score (nSPS) is 14.3. The summed E-state index contributed by atoms with van der Waals surface area (Å²) < 4.78 is 100. The Hall–Kier alpha value is -7.41. The topological polar surface area (TPSA) is 56.7 Å². The van der Waals surface area contributed by atoms with Crippen LogP contribution in [0.1, 0.15) is 13.7 Å². The highest BCUT2D eigenvalue weighted by atomic mass is 32.1. The minimum absolute atomic E-state index is 0.00437. The minimum Gasteiger partial charge on any atom is -0.456 e. The second-order valence-corrected chi connectivity index (χ2v) is 14.7. The summed E-state index contributed by atoms with van der Waals surface area (Å²) in [6, 6.07) is 34.2. The average molecular weight is 757 g/mol.